The average molecular weight is 267 g/mol. The molecule has 1 aromatic carbocycles. The van der Waals surface area contributed by atoms with Crippen molar-refractivity contribution in [3.63, 3.8) is 0 Å². The molecule has 1 aromatic rings. The summed E-state index contributed by atoms with van der Waals surface area (Å²) in [7, 11) is 0. The Bertz CT molecular complexity index is 482. The standard InChI is InChI=1S/C15H19ClO2/c1-8-4-11(14(16)6-9(8)2)5-10(3)12-7-13(12)15(17)18/h4,6,10,12-13H,5,7H2,1-3H3,(H,17,18). The van der Waals surface area contributed by atoms with E-state index in [1.807, 2.05) is 6.07 Å². The Morgan fingerprint density at radius 1 is 1.44 bits per heavy atom. The first-order valence-corrected chi connectivity index (χ1v) is 6.76. The first kappa shape index (κ1) is 13.4. The maximum Gasteiger partial charge on any atom is 0.306 e. The highest BCUT2D eigenvalue weighted by Gasteiger charge is 2.46. The summed E-state index contributed by atoms with van der Waals surface area (Å²) in [6.07, 6.45) is 1.69. The number of hydrogen-bond donors (Lipinski definition) is 1. The highest BCUT2D eigenvalue weighted by atomic mass is 35.5. The highest BCUT2D eigenvalue weighted by molar-refractivity contribution is 6.31. The Balaban J connectivity index is 2.06. The van der Waals surface area contributed by atoms with Crippen molar-refractivity contribution in [2.75, 3.05) is 0 Å². The number of halogens is 1. The lowest BCUT2D eigenvalue weighted by atomic mass is 9.93. The van der Waals surface area contributed by atoms with Crippen molar-refractivity contribution in [3.05, 3.63) is 33.8 Å². The van der Waals surface area contributed by atoms with E-state index in [0.717, 1.165) is 23.4 Å². The lowest BCUT2D eigenvalue weighted by molar-refractivity contribution is -0.139. The van der Waals surface area contributed by atoms with E-state index in [2.05, 4.69) is 26.8 Å². The fourth-order valence-corrected chi connectivity index (χ4v) is 2.92. The first-order chi connectivity index (χ1) is 8.40. The predicted molar refractivity (Wildman–Crippen MR) is 73.0 cm³/mol. The van der Waals surface area contributed by atoms with E-state index in [1.54, 1.807) is 0 Å². The third-order valence-corrected chi connectivity index (χ3v) is 4.44. The van der Waals surface area contributed by atoms with E-state index in [-0.39, 0.29) is 5.92 Å². The molecular formula is C15H19ClO2. The van der Waals surface area contributed by atoms with Crippen molar-refractivity contribution in [3.8, 4) is 0 Å². The molecule has 0 spiro atoms. The van der Waals surface area contributed by atoms with Crippen LogP contribution in [0.5, 0.6) is 0 Å². The molecule has 18 heavy (non-hydrogen) atoms. The third kappa shape index (κ3) is 2.69. The van der Waals surface area contributed by atoms with Crippen LogP contribution in [0.15, 0.2) is 12.1 Å². The first-order valence-electron chi connectivity index (χ1n) is 6.38. The molecular weight excluding hydrogens is 248 g/mol. The minimum atomic E-state index is -0.655. The molecule has 98 valence electrons. The number of aliphatic carboxylic acids is 1. The van der Waals surface area contributed by atoms with Crippen molar-refractivity contribution in [2.45, 2.75) is 33.6 Å². The van der Waals surface area contributed by atoms with Crippen LogP contribution in [0.1, 0.15) is 30.0 Å². The van der Waals surface area contributed by atoms with Gasteiger partial charge in [0.1, 0.15) is 0 Å². The second kappa shape index (κ2) is 4.93. The number of rotatable bonds is 4. The maximum atomic E-state index is 10.9. The molecule has 2 rings (SSSR count). The quantitative estimate of drug-likeness (QED) is 0.899. The molecule has 0 saturated heterocycles. The lowest BCUT2D eigenvalue weighted by Gasteiger charge is -2.13. The molecule has 0 aliphatic heterocycles. The molecule has 1 aliphatic carbocycles. The van der Waals surface area contributed by atoms with Gasteiger partial charge in [-0.3, -0.25) is 4.79 Å². The molecule has 1 fully saturated rings. The SMILES string of the molecule is Cc1cc(Cl)c(CC(C)C2CC2C(=O)O)cc1C. The number of carboxylic acid groups (broad SMARTS) is 1. The van der Waals surface area contributed by atoms with Gasteiger partial charge in [-0.15, -0.1) is 0 Å². The molecule has 3 atom stereocenters. The molecule has 0 amide bonds. The fraction of sp³-hybridized carbons (Fsp3) is 0.533. The number of hydrogen-bond acceptors (Lipinski definition) is 1. The Morgan fingerprint density at radius 2 is 2.06 bits per heavy atom. The Morgan fingerprint density at radius 3 is 2.61 bits per heavy atom. The van der Waals surface area contributed by atoms with Crippen molar-refractivity contribution in [2.24, 2.45) is 17.8 Å². The summed E-state index contributed by atoms with van der Waals surface area (Å²) < 4.78 is 0. The summed E-state index contributed by atoms with van der Waals surface area (Å²) in [5, 5.41) is 9.75. The van der Waals surface area contributed by atoms with Crippen LogP contribution < -0.4 is 0 Å². The van der Waals surface area contributed by atoms with Crippen LogP contribution in [0.25, 0.3) is 0 Å². The van der Waals surface area contributed by atoms with E-state index in [0.29, 0.717) is 11.8 Å². The summed E-state index contributed by atoms with van der Waals surface area (Å²) in [4.78, 5) is 10.9. The zero-order valence-electron chi connectivity index (χ0n) is 11.0. The molecule has 0 heterocycles. The van der Waals surface area contributed by atoms with E-state index in [1.165, 1.54) is 11.1 Å². The summed E-state index contributed by atoms with van der Waals surface area (Å²) in [6, 6.07) is 4.13. The Kier molecular flexibility index (Phi) is 3.67. The largest absolute Gasteiger partial charge is 0.481 e. The van der Waals surface area contributed by atoms with Crippen LogP contribution in [0.3, 0.4) is 0 Å². The molecule has 3 unspecified atom stereocenters. The van der Waals surface area contributed by atoms with E-state index < -0.39 is 5.97 Å². The minimum absolute atomic E-state index is 0.134. The van der Waals surface area contributed by atoms with Crippen molar-refractivity contribution in [1.29, 1.82) is 0 Å². The van der Waals surface area contributed by atoms with Gasteiger partial charge < -0.3 is 5.11 Å². The maximum absolute atomic E-state index is 10.9. The molecule has 1 aliphatic rings. The zero-order valence-corrected chi connectivity index (χ0v) is 11.8. The van der Waals surface area contributed by atoms with Crippen molar-refractivity contribution in [1.82, 2.24) is 0 Å². The van der Waals surface area contributed by atoms with Gasteiger partial charge in [-0.1, -0.05) is 24.6 Å². The second-order valence-corrected chi connectivity index (χ2v) is 5.96. The van der Waals surface area contributed by atoms with Gasteiger partial charge in [-0.25, -0.2) is 0 Å². The summed E-state index contributed by atoms with van der Waals surface area (Å²) in [5.74, 6) is -0.0887. The molecule has 0 aromatic heterocycles. The van der Waals surface area contributed by atoms with Gasteiger partial charge in [0, 0.05) is 5.02 Å². The zero-order chi connectivity index (χ0) is 13.4. The Hall–Kier alpha value is -1.02. The van der Waals surface area contributed by atoms with E-state index >= 15 is 0 Å². The number of benzene rings is 1. The summed E-state index contributed by atoms with van der Waals surface area (Å²) >= 11 is 6.25. The number of carboxylic acids is 1. The topological polar surface area (TPSA) is 37.3 Å². The van der Waals surface area contributed by atoms with E-state index in [4.69, 9.17) is 16.7 Å². The van der Waals surface area contributed by atoms with Gasteiger partial charge >= 0.3 is 5.97 Å². The lowest BCUT2D eigenvalue weighted by Crippen LogP contribution is -2.08. The van der Waals surface area contributed by atoms with Gasteiger partial charge in [0.15, 0.2) is 0 Å². The van der Waals surface area contributed by atoms with Crippen LogP contribution in [0.4, 0.5) is 0 Å². The predicted octanol–water partition coefficient (Wildman–Crippen LogP) is 3.86. The number of aryl methyl sites for hydroxylation is 2. The van der Waals surface area contributed by atoms with Crippen LogP contribution >= 0.6 is 11.6 Å². The van der Waals surface area contributed by atoms with Crippen LogP contribution in [-0.2, 0) is 11.2 Å². The third-order valence-electron chi connectivity index (χ3n) is 4.09. The smallest absolute Gasteiger partial charge is 0.306 e. The molecule has 0 bridgehead atoms. The van der Waals surface area contributed by atoms with Gasteiger partial charge in [-0.05, 0) is 61.3 Å². The fourth-order valence-electron chi connectivity index (χ4n) is 2.62. The highest BCUT2D eigenvalue weighted by Crippen LogP contribution is 2.45. The monoisotopic (exact) mass is 266 g/mol. The normalized spacial score (nSPS) is 23.8. The van der Waals surface area contributed by atoms with Gasteiger partial charge in [0.2, 0.25) is 0 Å². The van der Waals surface area contributed by atoms with Crippen molar-refractivity contribution >= 4 is 17.6 Å². The van der Waals surface area contributed by atoms with Crippen LogP contribution in [0, 0.1) is 31.6 Å². The molecule has 3 heteroatoms. The molecule has 2 nitrogen and oxygen atoms in total. The molecule has 1 N–H and O–H groups in total. The van der Waals surface area contributed by atoms with Crippen LogP contribution in [-0.4, -0.2) is 11.1 Å². The van der Waals surface area contributed by atoms with Gasteiger partial charge in [0.25, 0.3) is 0 Å². The van der Waals surface area contributed by atoms with Gasteiger partial charge in [-0.2, -0.15) is 0 Å². The summed E-state index contributed by atoms with van der Waals surface area (Å²) in [5.41, 5.74) is 3.58. The van der Waals surface area contributed by atoms with Crippen molar-refractivity contribution < 1.29 is 9.90 Å². The van der Waals surface area contributed by atoms with Gasteiger partial charge in [0.05, 0.1) is 5.92 Å². The van der Waals surface area contributed by atoms with Crippen LogP contribution in [0.2, 0.25) is 5.02 Å². The van der Waals surface area contributed by atoms with E-state index in [9.17, 15) is 4.79 Å². The molecule has 0 radical (unpaired) electrons. The number of carbonyl (C=O) groups is 1. The minimum Gasteiger partial charge on any atom is -0.481 e. The average Bonchev–Trinajstić information content (AvgIpc) is 3.05. The molecule has 1 saturated carbocycles. The summed E-state index contributed by atoms with van der Waals surface area (Å²) in [6.45, 7) is 6.26. The Labute approximate surface area is 113 Å². The second-order valence-electron chi connectivity index (χ2n) is 5.55.